The van der Waals surface area contributed by atoms with Crippen LogP contribution in [-0.2, 0) is 9.54 Å². The number of pyridine rings is 1. The third kappa shape index (κ3) is 5.60. The standard InChI is InChI=1S/C21H28N2OS/c1-2-3-4-5-6-11-16-21(20(22)24,18-13-8-7-9-14-18)25-19-15-10-12-17-23-19/h7-10,12-15,17H,2-6,11,16H2,1H3,(H2,22,24). The van der Waals surface area contributed by atoms with Crippen LogP contribution in [0.1, 0.15) is 57.4 Å². The summed E-state index contributed by atoms with van der Waals surface area (Å²) < 4.78 is -0.764. The fraction of sp³-hybridized carbons (Fsp3) is 0.429. The van der Waals surface area contributed by atoms with Gasteiger partial charge in [-0.25, -0.2) is 4.98 Å². The van der Waals surface area contributed by atoms with Crippen LogP contribution in [0.25, 0.3) is 0 Å². The van der Waals surface area contributed by atoms with Crippen molar-refractivity contribution in [3.8, 4) is 0 Å². The predicted octanol–water partition coefficient (Wildman–Crippen LogP) is 5.31. The van der Waals surface area contributed by atoms with Crippen LogP contribution >= 0.6 is 11.8 Å². The maximum atomic E-state index is 12.6. The summed E-state index contributed by atoms with van der Waals surface area (Å²) in [7, 11) is 0. The summed E-state index contributed by atoms with van der Waals surface area (Å²) in [5.74, 6) is -0.289. The zero-order valence-electron chi connectivity index (χ0n) is 15.0. The molecular formula is C21H28N2OS. The molecular weight excluding hydrogens is 328 g/mol. The van der Waals surface area contributed by atoms with E-state index in [1.165, 1.54) is 37.4 Å². The summed E-state index contributed by atoms with van der Waals surface area (Å²) in [5.41, 5.74) is 6.89. The van der Waals surface area contributed by atoms with Gasteiger partial charge in [0, 0.05) is 6.20 Å². The number of aromatic nitrogens is 1. The fourth-order valence-electron chi connectivity index (χ4n) is 3.02. The van der Waals surface area contributed by atoms with Gasteiger partial charge in [0.1, 0.15) is 4.75 Å². The maximum absolute atomic E-state index is 12.6. The Bertz CT molecular complexity index is 633. The van der Waals surface area contributed by atoms with Crippen LogP contribution in [0.15, 0.2) is 59.8 Å². The molecule has 2 N–H and O–H groups in total. The molecule has 1 atom stereocenters. The van der Waals surface area contributed by atoms with E-state index in [2.05, 4.69) is 11.9 Å². The Hall–Kier alpha value is -1.81. The van der Waals surface area contributed by atoms with Crippen molar-refractivity contribution in [3.05, 3.63) is 60.3 Å². The Morgan fingerprint density at radius 3 is 2.32 bits per heavy atom. The van der Waals surface area contributed by atoms with Crippen molar-refractivity contribution in [1.82, 2.24) is 4.98 Å². The summed E-state index contributed by atoms with van der Waals surface area (Å²) >= 11 is 1.48. The van der Waals surface area contributed by atoms with Gasteiger partial charge < -0.3 is 5.73 Å². The minimum absolute atomic E-state index is 0.289. The largest absolute Gasteiger partial charge is 0.368 e. The number of carbonyl (C=O) groups excluding carboxylic acids is 1. The van der Waals surface area contributed by atoms with Gasteiger partial charge in [-0.3, -0.25) is 4.79 Å². The second kappa shape index (κ2) is 10.2. The van der Waals surface area contributed by atoms with E-state index in [9.17, 15) is 4.79 Å². The monoisotopic (exact) mass is 356 g/mol. The number of unbranched alkanes of at least 4 members (excludes halogenated alkanes) is 5. The molecule has 0 aliphatic carbocycles. The smallest absolute Gasteiger partial charge is 0.238 e. The maximum Gasteiger partial charge on any atom is 0.238 e. The van der Waals surface area contributed by atoms with Gasteiger partial charge in [-0.1, -0.05) is 93.6 Å². The highest BCUT2D eigenvalue weighted by Crippen LogP contribution is 2.44. The normalized spacial score (nSPS) is 13.3. The van der Waals surface area contributed by atoms with Crippen molar-refractivity contribution >= 4 is 17.7 Å². The third-order valence-electron chi connectivity index (χ3n) is 4.44. The molecule has 134 valence electrons. The van der Waals surface area contributed by atoms with Crippen molar-refractivity contribution in [1.29, 1.82) is 0 Å². The number of primary amides is 1. The average molecular weight is 357 g/mol. The van der Waals surface area contributed by atoms with E-state index >= 15 is 0 Å². The predicted molar refractivity (Wildman–Crippen MR) is 105 cm³/mol. The van der Waals surface area contributed by atoms with Crippen LogP contribution in [-0.4, -0.2) is 10.9 Å². The number of nitrogens with two attached hydrogens (primary N) is 1. The zero-order valence-corrected chi connectivity index (χ0v) is 15.8. The molecule has 0 aliphatic heterocycles. The first-order chi connectivity index (χ1) is 12.2. The number of hydrogen-bond donors (Lipinski definition) is 1. The van der Waals surface area contributed by atoms with Crippen molar-refractivity contribution in [2.75, 3.05) is 0 Å². The lowest BCUT2D eigenvalue weighted by molar-refractivity contribution is -0.120. The lowest BCUT2D eigenvalue weighted by atomic mass is 9.91. The molecule has 2 rings (SSSR count). The van der Waals surface area contributed by atoms with E-state index in [1.807, 2.05) is 48.5 Å². The van der Waals surface area contributed by atoms with E-state index in [4.69, 9.17) is 5.73 Å². The molecule has 1 aromatic heterocycles. The van der Waals surface area contributed by atoms with E-state index in [0.717, 1.165) is 29.9 Å². The molecule has 1 unspecified atom stereocenters. The molecule has 0 aliphatic rings. The van der Waals surface area contributed by atoms with Gasteiger partial charge >= 0.3 is 0 Å². The summed E-state index contributed by atoms with van der Waals surface area (Å²) in [6.07, 6.45) is 9.60. The van der Waals surface area contributed by atoms with Gasteiger partial charge in [0.25, 0.3) is 0 Å². The topological polar surface area (TPSA) is 56.0 Å². The van der Waals surface area contributed by atoms with Crippen LogP contribution in [0.2, 0.25) is 0 Å². The first kappa shape index (κ1) is 19.5. The van der Waals surface area contributed by atoms with Crippen molar-refractivity contribution < 1.29 is 4.79 Å². The minimum Gasteiger partial charge on any atom is -0.368 e. The van der Waals surface area contributed by atoms with E-state index in [1.54, 1.807) is 6.20 Å². The molecule has 0 radical (unpaired) electrons. The molecule has 0 saturated heterocycles. The molecule has 0 saturated carbocycles. The fourth-order valence-corrected chi connectivity index (χ4v) is 4.24. The highest BCUT2D eigenvalue weighted by molar-refractivity contribution is 8.00. The van der Waals surface area contributed by atoms with Gasteiger partial charge in [0.05, 0.1) is 5.03 Å². The molecule has 2 aromatic rings. The Morgan fingerprint density at radius 1 is 1.00 bits per heavy atom. The number of hydrogen-bond acceptors (Lipinski definition) is 3. The van der Waals surface area contributed by atoms with Crippen molar-refractivity contribution in [2.45, 2.75) is 61.6 Å². The average Bonchev–Trinajstić information content (AvgIpc) is 2.65. The third-order valence-corrected chi connectivity index (χ3v) is 5.88. The van der Waals surface area contributed by atoms with Crippen LogP contribution in [0.4, 0.5) is 0 Å². The van der Waals surface area contributed by atoms with Crippen LogP contribution in [0.3, 0.4) is 0 Å². The Morgan fingerprint density at radius 2 is 1.68 bits per heavy atom. The highest BCUT2D eigenvalue weighted by atomic mass is 32.2. The number of carbonyl (C=O) groups is 1. The Kier molecular flexibility index (Phi) is 7.99. The van der Waals surface area contributed by atoms with Gasteiger partial charge in [-0.2, -0.15) is 0 Å². The molecule has 1 amide bonds. The molecule has 0 fully saturated rings. The lowest BCUT2D eigenvalue weighted by Crippen LogP contribution is -2.38. The first-order valence-electron chi connectivity index (χ1n) is 9.14. The summed E-state index contributed by atoms with van der Waals surface area (Å²) in [6.45, 7) is 2.22. The summed E-state index contributed by atoms with van der Waals surface area (Å²) in [6, 6.07) is 15.6. The molecule has 4 heteroatoms. The van der Waals surface area contributed by atoms with Crippen molar-refractivity contribution in [3.63, 3.8) is 0 Å². The van der Waals surface area contributed by atoms with Crippen molar-refractivity contribution in [2.24, 2.45) is 5.73 Å². The van der Waals surface area contributed by atoms with E-state index < -0.39 is 4.75 Å². The number of rotatable bonds is 11. The quantitative estimate of drug-likeness (QED) is 0.439. The van der Waals surface area contributed by atoms with Gasteiger partial charge in [-0.15, -0.1) is 0 Å². The molecule has 1 heterocycles. The zero-order chi connectivity index (χ0) is 18.0. The van der Waals surface area contributed by atoms with Gasteiger partial charge in [0.15, 0.2) is 0 Å². The SMILES string of the molecule is CCCCCCCCC(Sc1ccccn1)(C(N)=O)c1ccccc1. The lowest BCUT2D eigenvalue weighted by Gasteiger charge is -2.30. The van der Waals surface area contributed by atoms with E-state index in [-0.39, 0.29) is 5.91 Å². The molecule has 0 bridgehead atoms. The second-order valence-corrected chi connectivity index (χ2v) is 7.66. The molecule has 0 spiro atoms. The van der Waals surface area contributed by atoms with E-state index in [0.29, 0.717) is 0 Å². The van der Waals surface area contributed by atoms with Gasteiger partial charge in [-0.05, 0) is 24.1 Å². The van der Waals surface area contributed by atoms with Crippen LogP contribution < -0.4 is 5.73 Å². The summed E-state index contributed by atoms with van der Waals surface area (Å²) in [5, 5.41) is 0.830. The number of benzene rings is 1. The molecule has 25 heavy (non-hydrogen) atoms. The van der Waals surface area contributed by atoms with Crippen LogP contribution in [0.5, 0.6) is 0 Å². The summed E-state index contributed by atoms with van der Waals surface area (Å²) in [4.78, 5) is 17.0. The Balaban J connectivity index is 2.18. The number of nitrogens with zero attached hydrogens (tertiary/aromatic N) is 1. The second-order valence-electron chi connectivity index (χ2n) is 6.35. The molecule has 1 aromatic carbocycles. The first-order valence-corrected chi connectivity index (χ1v) is 9.96. The number of amides is 1. The molecule has 3 nitrogen and oxygen atoms in total. The van der Waals surface area contributed by atoms with Crippen LogP contribution in [0, 0.1) is 0 Å². The highest BCUT2D eigenvalue weighted by Gasteiger charge is 2.39. The van der Waals surface area contributed by atoms with Gasteiger partial charge in [0.2, 0.25) is 5.91 Å². The number of thioether (sulfide) groups is 1. The Labute approximate surface area is 155 Å². The minimum atomic E-state index is -0.764.